The molecule has 3 aliphatic rings. The maximum absolute atomic E-state index is 13.4. The summed E-state index contributed by atoms with van der Waals surface area (Å²) < 4.78 is 26.1. The van der Waals surface area contributed by atoms with Crippen LogP contribution in [0.2, 0.25) is 0 Å². The number of carbonyl (C=O) groups is 2. The molecule has 190 valence electrons. The lowest BCUT2D eigenvalue weighted by atomic mass is 9.95. The Labute approximate surface area is 209 Å². The lowest BCUT2D eigenvalue weighted by Gasteiger charge is -2.15. The predicted molar refractivity (Wildman–Crippen MR) is 132 cm³/mol. The normalized spacial score (nSPS) is 21.4. The zero-order valence-electron chi connectivity index (χ0n) is 19.8. The van der Waals surface area contributed by atoms with Crippen LogP contribution < -0.4 is 5.32 Å². The number of rotatable bonds is 9. The summed E-state index contributed by atoms with van der Waals surface area (Å²) >= 11 is 0. The molecule has 3 saturated carbocycles. The Morgan fingerprint density at radius 3 is 2.50 bits per heavy atom. The summed E-state index contributed by atoms with van der Waals surface area (Å²) in [6, 6.07) is 5.12. The van der Waals surface area contributed by atoms with E-state index in [4.69, 9.17) is 5.11 Å². The Balaban J connectivity index is 1.48. The molecule has 1 aromatic heterocycles. The van der Waals surface area contributed by atoms with Crippen molar-refractivity contribution in [3.8, 4) is 0 Å². The Hall–Kier alpha value is -2.95. The maximum atomic E-state index is 13.4. The van der Waals surface area contributed by atoms with Gasteiger partial charge in [0.2, 0.25) is 0 Å². The topological polar surface area (TPSA) is 147 Å². The van der Waals surface area contributed by atoms with Gasteiger partial charge in [-0.05, 0) is 67.2 Å². The number of carbonyl (C=O) groups excluding carboxylic acids is 2. The van der Waals surface area contributed by atoms with Crippen molar-refractivity contribution in [3.63, 3.8) is 0 Å². The van der Waals surface area contributed by atoms with Crippen LogP contribution in [-0.2, 0) is 19.4 Å². The van der Waals surface area contributed by atoms with Crippen LogP contribution >= 0.6 is 0 Å². The summed E-state index contributed by atoms with van der Waals surface area (Å²) in [4.78, 5) is 33.8. The molecule has 0 aliphatic heterocycles. The number of ketones is 1. The van der Waals surface area contributed by atoms with Gasteiger partial charge in [0.15, 0.2) is 15.7 Å². The minimum absolute atomic E-state index is 0.0781. The lowest BCUT2D eigenvalue weighted by Crippen LogP contribution is -2.17. The highest BCUT2D eigenvalue weighted by atomic mass is 32.2. The SMILES string of the molecule is O=C1CCC(/C=C(/C(=O)Nc2cnc(C(O)CO)cn2)c2ccc(S(=O)(=O)C3CC3)c(C3CC3)c2)C1. The minimum atomic E-state index is -3.38. The number of sulfone groups is 1. The van der Waals surface area contributed by atoms with Crippen LogP contribution in [0.25, 0.3) is 5.57 Å². The summed E-state index contributed by atoms with van der Waals surface area (Å²) in [5, 5.41) is 21.2. The molecule has 0 bridgehead atoms. The zero-order valence-corrected chi connectivity index (χ0v) is 20.6. The molecule has 1 aromatic carbocycles. The van der Waals surface area contributed by atoms with Gasteiger partial charge in [0.25, 0.3) is 5.91 Å². The smallest absolute Gasteiger partial charge is 0.257 e. The molecule has 2 aromatic rings. The second-order valence-corrected chi connectivity index (χ2v) is 12.1. The second kappa shape index (κ2) is 9.84. The highest BCUT2D eigenvalue weighted by molar-refractivity contribution is 7.92. The largest absolute Gasteiger partial charge is 0.393 e. The van der Waals surface area contributed by atoms with Gasteiger partial charge in [0, 0.05) is 18.4 Å². The molecule has 5 rings (SSSR count). The van der Waals surface area contributed by atoms with E-state index >= 15 is 0 Å². The quantitative estimate of drug-likeness (QED) is 0.436. The molecule has 9 nitrogen and oxygen atoms in total. The van der Waals surface area contributed by atoms with Crippen molar-refractivity contribution in [2.45, 2.75) is 67.1 Å². The maximum Gasteiger partial charge on any atom is 0.257 e. The van der Waals surface area contributed by atoms with Gasteiger partial charge in [-0.25, -0.2) is 13.4 Å². The average molecular weight is 512 g/mol. The van der Waals surface area contributed by atoms with Crippen LogP contribution in [0.1, 0.15) is 73.8 Å². The van der Waals surface area contributed by atoms with Crippen molar-refractivity contribution in [2.75, 3.05) is 11.9 Å². The van der Waals surface area contributed by atoms with E-state index in [1.54, 1.807) is 18.2 Å². The van der Waals surface area contributed by atoms with E-state index in [0.717, 1.165) is 18.4 Å². The Morgan fingerprint density at radius 2 is 1.92 bits per heavy atom. The number of nitrogens with zero attached hydrogens (tertiary/aromatic N) is 2. The molecule has 1 amide bonds. The number of nitrogens with one attached hydrogen (secondary N) is 1. The molecule has 10 heteroatoms. The standard InChI is InChI=1S/C26H29N3O6S/c30-14-23(32)22-12-28-25(13-27-22)29-26(33)21(10-15-1-5-18(31)9-15)17-4-8-24(20(11-17)16-2-3-16)36(34,35)19-6-7-19/h4,8,10-13,15-16,19,23,30,32H,1-3,5-7,9,14H2,(H,28,29,33)/b21-10+. The summed E-state index contributed by atoms with van der Waals surface area (Å²) in [6.07, 6.45) is 7.92. The fourth-order valence-corrected chi connectivity index (χ4v) is 6.55. The Morgan fingerprint density at radius 1 is 1.14 bits per heavy atom. The molecule has 2 atom stereocenters. The van der Waals surface area contributed by atoms with Crippen LogP contribution in [0.4, 0.5) is 5.82 Å². The minimum Gasteiger partial charge on any atom is -0.393 e. The Kier molecular flexibility index (Phi) is 6.76. The van der Waals surface area contributed by atoms with E-state index < -0.39 is 28.5 Å². The van der Waals surface area contributed by atoms with Gasteiger partial charge >= 0.3 is 0 Å². The van der Waals surface area contributed by atoms with Crippen molar-refractivity contribution >= 4 is 32.9 Å². The molecule has 3 aliphatic carbocycles. The number of Topliss-reactive ketones (excluding diaryl/α,β-unsaturated/α-hetero) is 1. The van der Waals surface area contributed by atoms with Crippen LogP contribution in [0.3, 0.4) is 0 Å². The number of hydrogen-bond acceptors (Lipinski definition) is 8. The first-order valence-corrected chi connectivity index (χ1v) is 13.8. The van der Waals surface area contributed by atoms with E-state index in [2.05, 4.69) is 15.3 Å². The van der Waals surface area contributed by atoms with Crippen molar-refractivity contribution in [2.24, 2.45) is 5.92 Å². The van der Waals surface area contributed by atoms with E-state index in [1.807, 2.05) is 6.07 Å². The molecule has 3 N–H and O–H groups in total. The summed E-state index contributed by atoms with van der Waals surface area (Å²) in [6.45, 7) is -0.497. The third-order valence-electron chi connectivity index (χ3n) is 6.97. The van der Waals surface area contributed by atoms with Gasteiger partial charge in [0.05, 0.1) is 34.8 Å². The van der Waals surface area contributed by atoms with Crippen molar-refractivity contribution in [3.05, 3.63) is 53.5 Å². The Bertz CT molecular complexity index is 1310. The van der Waals surface area contributed by atoms with Crippen molar-refractivity contribution in [1.29, 1.82) is 0 Å². The second-order valence-electron chi connectivity index (χ2n) is 9.87. The van der Waals surface area contributed by atoms with Crippen LogP contribution in [-0.4, -0.2) is 52.1 Å². The average Bonchev–Trinajstić information content (AvgIpc) is 3.79. The number of benzene rings is 1. The van der Waals surface area contributed by atoms with Gasteiger partial charge in [-0.3, -0.25) is 14.6 Å². The van der Waals surface area contributed by atoms with Crippen LogP contribution in [0, 0.1) is 5.92 Å². The van der Waals surface area contributed by atoms with E-state index in [9.17, 15) is 23.1 Å². The number of allylic oxidation sites excluding steroid dienone is 1. The number of hydrogen-bond donors (Lipinski definition) is 3. The third kappa shape index (κ3) is 5.25. The van der Waals surface area contributed by atoms with E-state index in [0.29, 0.717) is 48.1 Å². The first-order valence-electron chi connectivity index (χ1n) is 12.3. The van der Waals surface area contributed by atoms with Gasteiger partial charge in [0.1, 0.15) is 11.9 Å². The number of aliphatic hydroxyl groups is 2. The fraction of sp³-hybridized carbons (Fsp3) is 0.462. The van der Waals surface area contributed by atoms with E-state index in [1.165, 1.54) is 12.4 Å². The summed E-state index contributed by atoms with van der Waals surface area (Å²) in [5.74, 6) is -0.0337. The predicted octanol–water partition coefficient (Wildman–Crippen LogP) is 2.71. The molecule has 0 spiro atoms. The fourth-order valence-electron chi connectivity index (χ4n) is 4.62. The summed E-state index contributed by atoms with van der Waals surface area (Å²) in [7, 11) is -3.38. The number of amides is 1. The third-order valence-corrected chi connectivity index (χ3v) is 9.30. The molecular formula is C26H29N3O6S. The molecule has 3 fully saturated rings. The lowest BCUT2D eigenvalue weighted by molar-refractivity contribution is -0.117. The van der Waals surface area contributed by atoms with Crippen molar-refractivity contribution in [1.82, 2.24) is 9.97 Å². The highest BCUT2D eigenvalue weighted by Crippen LogP contribution is 2.46. The highest BCUT2D eigenvalue weighted by Gasteiger charge is 2.40. The molecule has 2 unspecified atom stereocenters. The molecule has 0 saturated heterocycles. The molecule has 0 radical (unpaired) electrons. The first kappa shape index (κ1) is 24.7. The van der Waals surface area contributed by atoms with E-state index in [-0.39, 0.29) is 34.4 Å². The van der Waals surface area contributed by atoms with Gasteiger partial charge in [-0.15, -0.1) is 0 Å². The molecule has 36 heavy (non-hydrogen) atoms. The van der Waals surface area contributed by atoms with Gasteiger partial charge in [-0.2, -0.15) is 0 Å². The van der Waals surface area contributed by atoms with Crippen LogP contribution in [0.15, 0.2) is 41.6 Å². The number of aliphatic hydroxyl groups excluding tert-OH is 2. The molecule has 1 heterocycles. The number of anilines is 1. The number of aromatic nitrogens is 2. The van der Waals surface area contributed by atoms with Crippen LogP contribution in [0.5, 0.6) is 0 Å². The van der Waals surface area contributed by atoms with Gasteiger partial charge in [-0.1, -0.05) is 12.1 Å². The monoisotopic (exact) mass is 511 g/mol. The molecular weight excluding hydrogens is 482 g/mol. The van der Waals surface area contributed by atoms with Gasteiger partial charge < -0.3 is 15.5 Å². The first-order chi connectivity index (χ1) is 17.3. The van der Waals surface area contributed by atoms with Crippen molar-refractivity contribution < 1.29 is 28.2 Å². The zero-order chi connectivity index (χ0) is 25.4. The summed E-state index contributed by atoms with van der Waals surface area (Å²) in [5.41, 5.74) is 1.90.